The molecule has 1 aromatic heterocycles. The summed E-state index contributed by atoms with van der Waals surface area (Å²) in [5.41, 5.74) is 2.85. The van der Waals surface area contributed by atoms with Gasteiger partial charge >= 0.3 is 0 Å². The number of aryl methyl sites for hydroxylation is 1. The number of rotatable bonds is 4. The molecule has 1 amide bonds. The molecule has 1 heterocycles. The van der Waals surface area contributed by atoms with Gasteiger partial charge in [0.2, 0.25) is 5.95 Å². The van der Waals surface area contributed by atoms with Gasteiger partial charge in [0.15, 0.2) is 0 Å². The Morgan fingerprint density at radius 3 is 2.58 bits per heavy atom. The van der Waals surface area contributed by atoms with Gasteiger partial charge in [-0.1, -0.05) is 23.7 Å². The van der Waals surface area contributed by atoms with Gasteiger partial charge in [-0.25, -0.2) is 9.97 Å². The van der Waals surface area contributed by atoms with Crippen LogP contribution >= 0.6 is 11.6 Å². The fraction of sp³-hybridized carbons (Fsp3) is 0.0556. The van der Waals surface area contributed by atoms with E-state index in [1.807, 2.05) is 25.1 Å². The number of nitrogens with zero attached hydrogens (tertiary/aromatic N) is 2. The van der Waals surface area contributed by atoms with E-state index in [4.69, 9.17) is 11.6 Å². The van der Waals surface area contributed by atoms with Crippen molar-refractivity contribution in [1.82, 2.24) is 9.97 Å². The Bertz CT molecular complexity index is 868. The predicted molar refractivity (Wildman–Crippen MR) is 95.9 cm³/mol. The first-order valence-electron chi connectivity index (χ1n) is 7.33. The molecule has 2 aromatic carbocycles. The van der Waals surface area contributed by atoms with E-state index < -0.39 is 0 Å². The van der Waals surface area contributed by atoms with Gasteiger partial charge in [-0.15, -0.1) is 0 Å². The number of amides is 1. The van der Waals surface area contributed by atoms with E-state index in [-0.39, 0.29) is 5.91 Å². The van der Waals surface area contributed by atoms with Crippen LogP contribution in [0.3, 0.4) is 0 Å². The summed E-state index contributed by atoms with van der Waals surface area (Å²) < 4.78 is 0. The molecule has 0 fully saturated rings. The maximum atomic E-state index is 12.4. The number of nitrogens with one attached hydrogen (secondary N) is 2. The summed E-state index contributed by atoms with van der Waals surface area (Å²) in [5, 5.41) is 6.38. The molecule has 24 heavy (non-hydrogen) atoms. The van der Waals surface area contributed by atoms with Gasteiger partial charge in [-0.3, -0.25) is 4.79 Å². The third-order valence-corrected chi connectivity index (χ3v) is 3.63. The topological polar surface area (TPSA) is 66.9 Å². The van der Waals surface area contributed by atoms with E-state index in [2.05, 4.69) is 20.6 Å². The Kier molecular flexibility index (Phi) is 4.72. The predicted octanol–water partition coefficient (Wildman–Crippen LogP) is 4.43. The van der Waals surface area contributed by atoms with Crippen LogP contribution in [-0.4, -0.2) is 15.9 Å². The molecule has 3 aromatic rings. The van der Waals surface area contributed by atoms with E-state index >= 15 is 0 Å². The summed E-state index contributed by atoms with van der Waals surface area (Å²) in [6, 6.07) is 14.3. The van der Waals surface area contributed by atoms with Crippen molar-refractivity contribution in [3.8, 4) is 0 Å². The lowest BCUT2D eigenvalue weighted by Gasteiger charge is -2.09. The summed E-state index contributed by atoms with van der Waals surface area (Å²) in [4.78, 5) is 20.6. The maximum Gasteiger partial charge on any atom is 0.255 e. The van der Waals surface area contributed by atoms with Crippen molar-refractivity contribution in [2.24, 2.45) is 0 Å². The number of hydrogen-bond acceptors (Lipinski definition) is 4. The minimum absolute atomic E-state index is 0.238. The molecule has 0 saturated heterocycles. The highest BCUT2D eigenvalue weighted by molar-refractivity contribution is 6.34. The highest BCUT2D eigenvalue weighted by Gasteiger charge is 2.09. The number of benzene rings is 2. The van der Waals surface area contributed by atoms with Crippen molar-refractivity contribution in [3.63, 3.8) is 0 Å². The van der Waals surface area contributed by atoms with Gasteiger partial charge in [0, 0.05) is 23.6 Å². The number of carbonyl (C=O) groups excluding carboxylic acids is 1. The van der Waals surface area contributed by atoms with Crippen LogP contribution < -0.4 is 10.6 Å². The molecule has 5 nitrogen and oxygen atoms in total. The van der Waals surface area contributed by atoms with Crippen LogP contribution in [0.15, 0.2) is 60.9 Å². The minimum atomic E-state index is -0.238. The molecule has 0 unspecified atom stereocenters. The molecule has 120 valence electrons. The zero-order valence-electron chi connectivity index (χ0n) is 13.0. The molecular formula is C18H15ClN4O. The lowest BCUT2D eigenvalue weighted by atomic mass is 10.1. The Labute approximate surface area is 144 Å². The van der Waals surface area contributed by atoms with Gasteiger partial charge in [0.1, 0.15) is 0 Å². The van der Waals surface area contributed by atoms with Gasteiger partial charge in [0.25, 0.3) is 5.91 Å². The fourth-order valence-corrected chi connectivity index (χ4v) is 2.43. The number of hydrogen-bond donors (Lipinski definition) is 2. The molecule has 0 aliphatic heterocycles. The second-order valence-electron chi connectivity index (χ2n) is 5.22. The van der Waals surface area contributed by atoms with Crippen LogP contribution in [0.1, 0.15) is 15.9 Å². The van der Waals surface area contributed by atoms with Gasteiger partial charge < -0.3 is 10.6 Å². The SMILES string of the molecule is Cc1ccc(NC(=O)c2cccc(Nc3ncccn3)c2)c(Cl)c1. The lowest BCUT2D eigenvalue weighted by Crippen LogP contribution is -2.12. The highest BCUT2D eigenvalue weighted by atomic mass is 35.5. The van der Waals surface area contributed by atoms with Gasteiger partial charge in [-0.2, -0.15) is 0 Å². The molecule has 0 atom stereocenters. The molecular weight excluding hydrogens is 324 g/mol. The van der Waals surface area contributed by atoms with Crippen LogP contribution in [0.4, 0.5) is 17.3 Å². The first kappa shape index (κ1) is 16.0. The maximum absolute atomic E-state index is 12.4. The second kappa shape index (κ2) is 7.10. The molecule has 2 N–H and O–H groups in total. The highest BCUT2D eigenvalue weighted by Crippen LogP contribution is 2.24. The van der Waals surface area contributed by atoms with Crippen LogP contribution in [0.5, 0.6) is 0 Å². The lowest BCUT2D eigenvalue weighted by molar-refractivity contribution is 0.102. The average molecular weight is 339 g/mol. The third kappa shape index (κ3) is 3.88. The third-order valence-electron chi connectivity index (χ3n) is 3.32. The summed E-state index contributed by atoms with van der Waals surface area (Å²) in [6.45, 7) is 1.94. The quantitative estimate of drug-likeness (QED) is 0.738. The molecule has 3 rings (SSSR count). The van der Waals surface area contributed by atoms with E-state index in [1.54, 1.807) is 42.7 Å². The average Bonchev–Trinajstić information content (AvgIpc) is 2.58. The molecule has 0 spiro atoms. The monoisotopic (exact) mass is 338 g/mol. The van der Waals surface area contributed by atoms with Crippen molar-refractivity contribution < 1.29 is 4.79 Å². The zero-order chi connectivity index (χ0) is 16.9. The van der Waals surface area contributed by atoms with E-state index in [1.165, 1.54) is 0 Å². The standard InChI is InChI=1S/C18H15ClN4O/c1-12-6-7-16(15(19)10-12)23-17(24)13-4-2-5-14(11-13)22-18-20-8-3-9-21-18/h2-11H,1H3,(H,23,24)(H,20,21,22). The molecule has 0 radical (unpaired) electrons. The Hall–Kier alpha value is -2.92. The Morgan fingerprint density at radius 2 is 1.83 bits per heavy atom. The number of aromatic nitrogens is 2. The fourth-order valence-electron chi connectivity index (χ4n) is 2.15. The van der Waals surface area contributed by atoms with Crippen molar-refractivity contribution in [1.29, 1.82) is 0 Å². The number of carbonyl (C=O) groups is 1. The van der Waals surface area contributed by atoms with E-state index in [0.29, 0.717) is 22.2 Å². The van der Waals surface area contributed by atoms with Crippen molar-refractivity contribution in [3.05, 3.63) is 77.1 Å². The summed E-state index contributed by atoms with van der Waals surface area (Å²) in [7, 11) is 0. The Balaban J connectivity index is 1.77. The van der Waals surface area contributed by atoms with Gasteiger partial charge in [-0.05, 0) is 48.9 Å². The first-order valence-corrected chi connectivity index (χ1v) is 7.71. The van der Waals surface area contributed by atoms with Crippen molar-refractivity contribution >= 4 is 34.8 Å². The summed E-state index contributed by atoms with van der Waals surface area (Å²) in [5.74, 6) is 0.232. The largest absolute Gasteiger partial charge is 0.324 e. The van der Waals surface area contributed by atoms with Crippen LogP contribution in [0.2, 0.25) is 5.02 Å². The smallest absolute Gasteiger partial charge is 0.255 e. The van der Waals surface area contributed by atoms with E-state index in [9.17, 15) is 4.79 Å². The van der Waals surface area contributed by atoms with Gasteiger partial charge in [0.05, 0.1) is 10.7 Å². The zero-order valence-corrected chi connectivity index (χ0v) is 13.7. The van der Waals surface area contributed by atoms with Crippen LogP contribution in [0.25, 0.3) is 0 Å². The van der Waals surface area contributed by atoms with Crippen LogP contribution in [-0.2, 0) is 0 Å². The molecule has 0 bridgehead atoms. The summed E-state index contributed by atoms with van der Waals surface area (Å²) in [6.07, 6.45) is 3.29. The second-order valence-corrected chi connectivity index (χ2v) is 5.62. The van der Waals surface area contributed by atoms with Crippen LogP contribution in [0, 0.1) is 6.92 Å². The van der Waals surface area contributed by atoms with Crippen molar-refractivity contribution in [2.75, 3.05) is 10.6 Å². The summed E-state index contributed by atoms with van der Waals surface area (Å²) >= 11 is 6.16. The molecule has 6 heteroatoms. The molecule has 0 aliphatic rings. The normalized spacial score (nSPS) is 10.2. The molecule has 0 saturated carbocycles. The molecule has 0 aliphatic carbocycles. The van der Waals surface area contributed by atoms with E-state index in [0.717, 1.165) is 11.3 Å². The first-order chi connectivity index (χ1) is 11.6. The number of halogens is 1. The Morgan fingerprint density at radius 1 is 1.04 bits per heavy atom. The minimum Gasteiger partial charge on any atom is -0.324 e. The number of anilines is 3. The van der Waals surface area contributed by atoms with Crippen molar-refractivity contribution in [2.45, 2.75) is 6.92 Å².